The molecule has 2 aromatic rings. The molecule has 1 aliphatic rings. The number of halogens is 4. The number of nitro benzene ring substituents is 1. The van der Waals surface area contributed by atoms with Gasteiger partial charge in [-0.15, -0.1) is 0 Å². The molecule has 0 saturated heterocycles. The van der Waals surface area contributed by atoms with Gasteiger partial charge >= 0.3 is 6.18 Å². The monoisotopic (exact) mass is 490 g/mol. The lowest BCUT2D eigenvalue weighted by atomic mass is 10.2. The fraction of sp³-hybridized carbons (Fsp3) is 0.444. The van der Waals surface area contributed by atoms with Crippen LogP contribution >= 0.6 is 15.9 Å². The van der Waals surface area contributed by atoms with Crippen molar-refractivity contribution in [1.29, 1.82) is 0 Å². The van der Waals surface area contributed by atoms with Crippen LogP contribution < -0.4 is 10.1 Å². The zero-order valence-corrected chi connectivity index (χ0v) is 17.4. The molecule has 0 atom stereocenters. The topological polar surface area (TPSA) is 99.3 Å². The van der Waals surface area contributed by atoms with Crippen molar-refractivity contribution in [1.82, 2.24) is 9.78 Å². The van der Waals surface area contributed by atoms with Crippen molar-refractivity contribution in [3.8, 4) is 5.75 Å². The summed E-state index contributed by atoms with van der Waals surface area (Å²) in [5.41, 5.74) is -0.961. The van der Waals surface area contributed by atoms with Crippen molar-refractivity contribution in [3.05, 3.63) is 44.2 Å². The van der Waals surface area contributed by atoms with Gasteiger partial charge in [0.1, 0.15) is 11.4 Å². The van der Waals surface area contributed by atoms with Crippen LogP contribution in [0.5, 0.6) is 5.75 Å². The maximum Gasteiger partial charge on any atom is 0.436 e. The van der Waals surface area contributed by atoms with E-state index in [0.717, 1.165) is 12.8 Å². The van der Waals surface area contributed by atoms with E-state index in [1.165, 1.54) is 22.9 Å². The molecule has 12 heteroatoms. The average Bonchev–Trinajstić information content (AvgIpc) is 3.43. The molecular weight excluding hydrogens is 473 g/mol. The number of alkyl halides is 3. The summed E-state index contributed by atoms with van der Waals surface area (Å²) in [5, 5.41) is 17.3. The fourth-order valence-corrected chi connectivity index (χ4v) is 3.83. The predicted octanol–water partition coefficient (Wildman–Crippen LogP) is 4.88. The number of aryl methyl sites for hydroxylation is 1. The van der Waals surface area contributed by atoms with Gasteiger partial charge in [-0.1, -0.05) is 0 Å². The molecule has 0 aliphatic heterocycles. The van der Waals surface area contributed by atoms with Crippen LogP contribution in [0.2, 0.25) is 0 Å². The minimum absolute atomic E-state index is 0.0199. The van der Waals surface area contributed by atoms with Crippen molar-refractivity contribution in [2.75, 3.05) is 11.9 Å². The second-order valence-corrected chi connectivity index (χ2v) is 7.50. The maximum absolute atomic E-state index is 13.2. The second kappa shape index (κ2) is 8.62. The number of rotatable bonds is 8. The molecule has 162 valence electrons. The molecule has 0 radical (unpaired) electrons. The third-order valence-corrected chi connectivity index (χ3v) is 5.25. The predicted molar refractivity (Wildman–Crippen MR) is 104 cm³/mol. The van der Waals surface area contributed by atoms with Crippen LogP contribution in [0.3, 0.4) is 0 Å². The normalized spacial score (nSPS) is 13.9. The molecule has 1 aliphatic carbocycles. The number of aromatic nitrogens is 2. The number of nitrogens with one attached hydrogen (secondary N) is 1. The van der Waals surface area contributed by atoms with Gasteiger partial charge in [0.25, 0.3) is 5.69 Å². The molecule has 1 heterocycles. The van der Waals surface area contributed by atoms with Crippen LogP contribution in [0.4, 0.5) is 24.5 Å². The van der Waals surface area contributed by atoms with Gasteiger partial charge in [0.05, 0.1) is 34.3 Å². The second-order valence-electron chi connectivity index (χ2n) is 6.71. The number of hydrogen-bond donors (Lipinski definition) is 1. The molecule has 0 unspecified atom stereocenters. The first kappa shape index (κ1) is 22.1. The van der Waals surface area contributed by atoms with Gasteiger partial charge in [0.15, 0.2) is 5.69 Å². The third kappa shape index (κ3) is 4.91. The molecule has 3 rings (SSSR count). The minimum atomic E-state index is -4.61. The highest BCUT2D eigenvalue weighted by atomic mass is 79.9. The summed E-state index contributed by atoms with van der Waals surface area (Å²) in [6.45, 7) is 1.97. The van der Waals surface area contributed by atoms with Crippen LogP contribution in [-0.2, 0) is 17.5 Å². The van der Waals surface area contributed by atoms with Gasteiger partial charge in [-0.25, -0.2) is 0 Å². The Labute approximate surface area is 177 Å². The van der Waals surface area contributed by atoms with E-state index in [-0.39, 0.29) is 40.5 Å². The highest BCUT2D eigenvalue weighted by molar-refractivity contribution is 9.10. The van der Waals surface area contributed by atoms with Crippen molar-refractivity contribution in [3.63, 3.8) is 0 Å². The standard InChI is InChI=1S/C18H18BrF3N4O4/c1-2-30-11-5-6-12(13(9-11)26(28)29)23-14(27)7-8-25-16(10-3-4-10)15(19)17(24-25)18(20,21)22/h5-6,9-10H,2-4,7-8H2,1H3,(H,23,27). The Balaban J connectivity index is 1.73. The number of nitro groups is 1. The van der Waals surface area contributed by atoms with E-state index in [4.69, 9.17) is 4.74 Å². The summed E-state index contributed by atoms with van der Waals surface area (Å²) in [4.78, 5) is 22.9. The summed E-state index contributed by atoms with van der Waals surface area (Å²) in [6, 6.07) is 4.03. The average molecular weight is 491 g/mol. The van der Waals surface area contributed by atoms with E-state index in [9.17, 15) is 28.1 Å². The Kier molecular flexibility index (Phi) is 6.34. The maximum atomic E-state index is 13.2. The summed E-state index contributed by atoms with van der Waals surface area (Å²) in [5.74, 6) is -0.320. The Morgan fingerprint density at radius 1 is 1.43 bits per heavy atom. The first-order chi connectivity index (χ1) is 14.1. The van der Waals surface area contributed by atoms with Gasteiger partial charge < -0.3 is 10.1 Å². The van der Waals surface area contributed by atoms with Crippen molar-refractivity contribution >= 4 is 33.2 Å². The van der Waals surface area contributed by atoms with Gasteiger partial charge in [0.2, 0.25) is 5.91 Å². The van der Waals surface area contributed by atoms with Crippen molar-refractivity contribution < 1.29 is 27.6 Å². The number of anilines is 1. The number of ether oxygens (including phenoxy) is 1. The van der Waals surface area contributed by atoms with E-state index in [2.05, 4.69) is 26.3 Å². The number of hydrogen-bond acceptors (Lipinski definition) is 5. The molecule has 8 nitrogen and oxygen atoms in total. The molecule has 1 saturated carbocycles. The van der Waals surface area contributed by atoms with Gasteiger partial charge in [0, 0.05) is 12.3 Å². The molecule has 1 fully saturated rings. The lowest BCUT2D eigenvalue weighted by molar-refractivity contribution is -0.384. The van der Waals surface area contributed by atoms with Crippen LogP contribution in [0.25, 0.3) is 0 Å². The summed E-state index contributed by atoms with van der Waals surface area (Å²) >= 11 is 2.99. The summed E-state index contributed by atoms with van der Waals surface area (Å²) < 4.78 is 45.8. The minimum Gasteiger partial charge on any atom is -0.494 e. The highest BCUT2D eigenvalue weighted by Gasteiger charge is 2.41. The number of amides is 1. The van der Waals surface area contributed by atoms with E-state index >= 15 is 0 Å². The molecule has 1 N–H and O–H groups in total. The Hall–Kier alpha value is -2.63. The Bertz CT molecular complexity index is 973. The van der Waals surface area contributed by atoms with Crippen molar-refractivity contribution in [2.24, 2.45) is 0 Å². The summed E-state index contributed by atoms with van der Waals surface area (Å²) in [7, 11) is 0. The first-order valence-electron chi connectivity index (χ1n) is 9.16. The van der Waals surface area contributed by atoms with E-state index < -0.39 is 22.7 Å². The lowest BCUT2D eigenvalue weighted by Gasteiger charge is -2.10. The lowest BCUT2D eigenvalue weighted by Crippen LogP contribution is -2.17. The van der Waals surface area contributed by atoms with Gasteiger partial charge in [-0.05, 0) is 47.8 Å². The van der Waals surface area contributed by atoms with E-state index in [1.807, 2.05) is 0 Å². The number of nitrogens with zero attached hydrogens (tertiary/aromatic N) is 3. The number of carbonyl (C=O) groups excluding carboxylic acids is 1. The molecular formula is C18H18BrF3N4O4. The zero-order chi connectivity index (χ0) is 22.1. The molecule has 1 aromatic carbocycles. The molecule has 0 bridgehead atoms. The highest BCUT2D eigenvalue weighted by Crippen LogP contribution is 2.47. The zero-order valence-electron chi connectivity index (χ0n) is 15.8. The van der Waals surface area contributed by atoms with Crippen LogP contribution in [-0.4, -0.2) is 27.2 Å². The van der Waals surface area contributed by atoms with Crippen molar-refractivity contribution in [2.45, 2.75) is 44.8 Å². The number of benzene rings is 1. The molecule has 1 amide bonds. The largest absolute Gasteiger partial charge is 0.494 e. The summed E-state index contributed by atoms with van der Waals surface area (Å²) in [6.07, 6.45) is -3.30. The molecule has 1 aromatic heterocycles. The molecule has 30 heavy (non-hydrogen) atoms. The van der Waals surface area contributed by atoms with E-state index in [1.54, 1.807) is 6.92 Å². The van der Waals surface area contributed by atoms with Gasteiger partial charge in [-0.3, -0.25) is 19.6 Å². The Morgan fingerprint density at radius 2 is 2.13 bits per heavy atom. The number of carbonyl (C=O) groups is 1. The first-order valence-corrected chi connectivity index (χ1v) is 9.95. The smallest absolute Gasteiger partial charge is 0.436 e. The third-order valence-electron chi connectivity index (χ3n) is 4.47. The van der Waals surface area contributed by atoms with Crippen LogP contribution in [0, 0.1) is 10.1 Å². The molecule has 0 spiro atoms. The van der Waals surface area contributed by atoms with Gasteiger partial charge in [-0.2, -0.15) is 18.3 Å². The SMILES string of the molecule is CCOc1ccc(NC(=O)CCn2nc(C(F)(F)F)c(Br)c2C2CC2)c([N+](=O)[O-])c1. The quantitative estimate of drug-likeness (QED) is 0.420. The fourth-order valence-electron chi connectivity index (χ4n) is 3.00. The van der Waals surface area contributed by atoms with E-state index in [0.29, 0.717) is 12.3 Å². The Morgan fingerprint density at radius 3 is 2.70 bits per heavy atom. The van der Waals surface area contributed by atoms with Crippen LogP contribution in [0.15, 0.2) is 22.7 Å². The van der Waals surface area contributed by atoms with Crippen LogP contribution in [0.1, 0.15) is 43.5 Å².